The second-order valence-corrected chi connectivity index (χ2v) is 5.06. The van der Waals surface area contributed by atoms with E-state index < -0.39 is 0 Å². The summed E-state index contributed by atoms with van der Waals surface area (Å²) in [5.74, 6) is 0. The monoisotopic (exact) mass is 233 g/mol. The number of nitrogens with zero attached hydrogens (tertiary/aromatic N) is 3. The molecule has 92 valence electrons. The molecule has 17 heavy (non-hydrogen) atoms. The second kappa shape index (κ2) is 4.89. The number of nitriles is 1. The molecule has 0 saturated carbocycles. The van der Waals surface area contributed by atoms with Crippen molar-refractivity contribution in [2.45, 2.75) is 39.2 Å². The highest BCUT2D eigenvalue weighted by Crippen LogP contribution is 2.33. The summed E-state index contributed by atoms with van der Waals surface area (Å²) in [5, 5.41) is 13.9. The predicted molar refractivity (Wildman–Crippen MR) is 64.4 cm³/mol. The van der Waals surface area contributed by atoms with Gasteiger partial charge in [-0.2, -0.15) is 10.4 Å². The normalized spacial score (nSPS) is 19.2. The SMILES string of the molecule is CC(C)n1ccc(CC2(C#N)CCOCC2)n1. The van der Waals surface area contributed by atoms with Gasteiger partial charge in [0.05, 0.1) is 17.2 Å². The molecule has 0 bridgehead atoms. The molecular weight excluding hydrogens is 214 g/mol. The molecule has 0 amide bonds. The van der Waals surface area contributed by atoms with E-state index >= 15 is 0 Å². The fourth-order valence-corrected chi connectivity index (χ4v) is 2.20. The van der Waals surface area contributed by atoms with Crippen LogP contribution in [0, 0.1) is 16.7 Å². The molecule has 1 aliphatic heterocycles. The van der Waals surface area contributed by atoms with Crippen molar-refractivity contribution in [3.63, 3.8) is 0 Å². The molecule has 0 aliphatic carbocycles. The van der Waals surface area contributed by atoms with Crippen LogP contribution in [0.25, 0.3) is 0 Å². The van der Waals surface area contributed by atoms with E-state index in [-0.39, 0.29) is 5.41 Å². The first kappa shape index (κ1) is 12.1. The molecule has 0 radical (unpaired) electrons. The van der Waals surface area contributed by atoms with Gasteiger partial charge in [0.1, 0.15) is 0 Å². The summed E-state index contributed by atoms with van der Waals surface area (Å²) < 4.78 is 7.28. The second-order valence-electron chi connectivity index (χ2n) is 5.06. The Hall–Kier alpha value is -1.34. The lowest BCUT2D eigenvalue weighted by Crippen LogP contribution is -2.30. The topological polar surface area (TPSA) is 50.8 Å². The van der Waals surface area contributed by atoms with Crippen molar-refractivity contribution < 1.29 is 4.74 Å². The van der Waals surface area contributed by atoms with Crippen LogP contribution in [0.2, 0.25) is 0 Å². The highest BCUT2D eigenvalue weighted by Gasteiger charge is 2.33. The predicted octanol–water partition coefficient (Wildman–Crippen LogP) is 2.33. The van der Waals surface area contributed by atoms with Gasteiger partial charge in [-0.05, 0) is 32.8 Å². The molecule has 0 atom stereocenters. The number of hydrogen-bond donors (Lipinski definition) is 0. The van der Waals surface area contributed by atoms with Gasteiger partial charge < -0.3 is 4.74 Å². The van der Waals surface area contributed by atoms with Crippen molar-refractivity contribution in [1.29, 1.82) is 5.26 Å². The Bertz CT molecular complexity index is 411. The van der Waals surface area contributed by atoms with Gasteiger partial charge in [0.2, 0.25) is 0 Å². The van der Waals surface area contributed by atoms with Gasteiger partial charge >= 0.3 is 0 Å². The summed E-state index contributed by atoms with van der Waals surface area (Å²) in [6, 6.07) is 4.87. The largest absolute Gasteiger partial charge is 0.381 e. The standard InChI is InChI=1S/C13H19N3O/c1-11(2)16-6-3-12(15-16)9-13(10-14)4-7-17-8-5-13/h3,6,11H,4-5,7-9H2,1-2H3. The maximum absolute atomic E-state index is 9.38. The molecular formula is C13H19N3O. The molecule has 1 aliphatic rings. The molecule has 4 nitrogen and oxygen atoms in total. The molecule has 0 unspecified atom stereocenters. The first-order chi connectivity index (χ1) is 8.15. The Kier molecular flexibility index (Phi) is 3.49. The van der Waals surface area contributed by atoms with Crippen molar-refractivity contribution >= 4 is 0 Å². The fourth-order valence-electron chi connectivity index (χ4n) is 2.20. The van der Waals surface area contributed by atoms with Crippen molar-refractivity contribution in [1.82, 2.24) is 9.78 Å². The van der Waals surface area contributed by atoms with Crippen LogP contribution in [0.5, 0.6) is 0 Å². The number of hydrogen-bond acceptors (Lipinski definition) is 3. The van der Waals surface area contributed by atoms with Gasteiger partial charge in [-0.3, -0.25) is 4.68 Å². The van der Waals surface area contributed by atoms with Crippen LogP contribution in [0.3, 0.4) is 0 Å². The third-order valence-electron chi connectivity index (χ3n) is 3.40. The Morgan fingerprint density at radius 2 is 2.24 bits per heavy atom. The molecule has 2 heterocycles. The van der Waals surface area contributed by atoms with Crippen LogP contribution in [0.15, 0.2) is 12.3 Å². The fraction of sp³-hybridized carbons (Fsp3) is 0.692. The Morgan fingerprint density at radius 3 is 2.76 bits per heavy atom. The van der Waals surface area contributed by atoms with Gasteiger partial charge in [0, 0.05) is 31.9 Å². The molecule has 0 spiro atoms. The van der Waals surface area contributed by atoms with Gasteiger partial charge in [-0.15, -0.1) is 0 Å². The minimum atomic E-state index is -0.269. The Balaban J connectivity index is 2.10. The summed E-state index contributed by atoms with van der Waals surface area (Å²) in [6.45, 7) is 5.59. The summed E-state index contributed by atoms with van der Waals surface area (Å²) in [4.78, 5) is 0. The van der Waals surface area contributed by atoms with Crippen LogP contribution in [0.4, 0.5) is 0 Å². The molecule has 4 heteroatoms. The number of aromatic nitrogens is 2. The van der Waals surface area contributed by atoms with E-state index in [1.807, 2.05) is 16.9 Å². The molecule has 1 aromatic rings. The van der Waals surface area contributed by atoms with Crippen molar-refractivity contribution in [3.05, 3.63) is 18.0 Å². The number of rotatable bonds is 3. The molecule has 2 rings (SSSR count). The van der Waals surface area contributed by atoms with Gasteiger partial charge in [0.25, 0.3) is 0 Å². The lowest BCUT2D eigenvalue weighted by molar-refractivity contribution is 0.0402. The Morgan fingerprint density at radius 1 is 1.53 bits per heavy atom. The highest BCUT2D eigenvalue weighted by atomic mass is 16.5. The Labute approximate surface area is 102 Å². The molecule has 0 N–H and O–H groups in total. The first-order valence-corrected chi connectivity index (χ1v) is 6.18. The van der Waals surface area contributed by atoms with E-state index in [2.05, 4.69) is 25.0 Å². The van der Waals surface area contributed by atoms with Gasteiger partial charge in [-0.25, -0.2) is 0 Å². The first-order valence-electron chi connectivity index (χ1n) is 6.18. The van der Waals surface area contributed by atoms with Gasteiger partial charge in [-0.1, -0.05) is 0 Å². The zero-order valence-corrected chi connectivity index (χ0v) is 10.5. The molecule has 0 aromatic carbocycles. The lowest BCUT2D eigenvalue weighted by Gasteiger charge is -2.29. The lowest BCUT2D eigenvalue weighted by atomic mass is 9.78. The van der Waals surface area contributed by atoms with Crippen LogP contribution >= 0.6 is 0 Å². The van der Waals surface area contributed by atoms with Crippen molar-refractivity contribution in [3.8, 4) is 6.07 Å². The van der Waals surface area contributed by atoms with Crippen LogP contribution in [-0.4, -0.2) is 23.0 Å². The quantitative estimate of drug-likeness (QED) is 0.805. The minimum absolute atomic E-state index is 0.269. The van der Waals surface area contributed by atoms with E-state index in [9.17, 15) is 5.26 Å². The zero-order chi connectivity index (χ0) is 12.3. The smallest absolute Gasteiger partial charge is 0.0695 e. The average molecular weight is 233 g/mol. The summed E-state index contributed by atoms with van der Waals surface area (Å²) in [7, 11) is 0. The maximum Gasteiger partial charge on any atom is 0.0695 e. The van der Waals surface area contributed by atoms with E-state index in [0.717, 1.165) is 25.0 Å². The van der Waals surface area contributed by atoms with E-state index in [1.165, 1.54) is 0 Å². The van der Waals surface area contributed by atoms with Gasteiger partial charge in [0.15, 0.2) is 0 Å². The van der Waals surface area contributed by atoms with E-state index in [1.54, 1.807) is 0 Å². The number of ether oxygens (including phenoxy) is 1. The van der Waals surface area contributed by atoms with E-state index in [0.29, 0.717) is 19.3 Å². The summed E-state index contributed by atoms with van der Waals surface area (Å²) in [6.07, 6.45) is 4.37. The molecule has 1 saturated heterocycles. The van der Waals surface area contributed by atoms with Crippen molar-refractivity contribution in [2.24, 2.45) is 5.41 Å². The van der Waals surface area contributed by atoms with Crippen LogP contribution in [0.1, 0.15) is 38.4 Å². The third-order valence-corrected chi connectivity index (χ3v) is 3.40. The zero-order valence-electron chi connectivity index (χ0n) is 10.5. The maximum atomic E-state index is 9.38. The third kappa shape index (κ3) is 2.67. The average Bonchev–Trinajstić information content (AvgIpc) is 2.79. The highest BCUT2D eigenvalue weighted by molar-refractivity contribution is 5.11. The van der Waals surface area contributed by atoms with Crippen LogP contribution < -0.4 is 0 Å². The van der Waals surface area contributed by atoms with E-state index in [4.69, 9.17) is 4.74 Å². The molecule has 1 fully saturated rings. The molecule has 1 aromatic heterocycles. The summed E-state index contributed by atoms with van der Waals surface area (Å²) in [5.41, 5.74) is 0.746. The van der Waals surface area contributed by atoms with Crippen molar-refractivity contribution in [2.75, 3.05) is 13.2 Å². The minimum Gasteiger partial charge on any atom is -0.381 e. The van der Waals surface area contributed by atoms with Crippen LogP contribution in [-0.2, 0) is 11.2 Å². The summed E-state index contributed by atoms with van der Waals surface area (Å²) >= 11 is 0.